The lowest BCUT2D eigenvalue weighted by Gasteiger charge is -2.46. The highest BCUT2D eigenvalue weighted by molar-refractivity contribution is 8.03. The predicted molar refractivity (Wildman–Crippen MR) is 108 cm³/mol. The quantitative estimate of drug-likeness (QED) is 0.417. The molecule has 0 aromatic carbocycles. The van der Waals surface area contributed by atoms with Gasteiger partial charge in [-0.15, -0.1) is 11.8 Å². The Morgan fingerprint density at radius 2 is 2.25 bits per heavy atom. The molecule has 5 unspecified atom stereocenters. The van der Waals surface area contributed by atoms with Gasteiger partial charge >= 0.3 is 5.97 Å². The fourth-order valence-corrected chi connectivity index (χ4v) is 5.39. The summed E-state index contributed by atoms with van der Waals surface area (Å²) >= 11 is 1.54. The van der Waals surface area contributed by atoms with E-state index >= 15 is 0 Å². The number of hydrogen-bond donors (Lipinski definition) is 1. The minimum Gasteiger partial charge on any atom is -0.393 e. The highest BCUT2D eigenvalue weighted by Crippen LogP contribution is 2.51. The van der Waals surface area contributed by atoms with Gasteiger partial charge in [0.1, 0.15) is 5.70 Å². The number of pyridine rings is 1. The van der Waals surface area contributed by atoms with E-state index in [1.54, 1.807) is 24.9 Å². The molecule has 2 aliphatic rings. The summed E-state index contributed by atoms with van der Waals surface area (Å²) in [5, 5.41) is 10.1. The number of carbonyl (C=O) groups excluding carboxylic acids is 2. The van der Waals surface area contributed by atoms with E-state index in [1.807, 2.05) is 25.1 Å². The smallest absolute Gasteiger partial charge is 0.365 e. The SMILES string of the molecule is [B]N=POC(=O)C1=C(SC(C)Cc2ccccn2)C(C)C2C(C(C)O)C(=O)N12. The van der Waals surface area contributed by atoms with Gasteiger partial charge in [0.2, 0.25) is 14.5 Å². The molecule has 3 rings (SSSR count). The lowest BCUT2D eigenvalue weighted by Crippen LogP contribution is -2.63. The standard InChI is InChI=1S/C18H21BN3O4PS/c1-9(8-12-6-4-5-7-20-12)28-16-10(2)14-13(11(3)23)17(24)22(14)15(16)18(25)26-27-21-19/h4-7,9-11,13-14,23H,8H2,1-3H3. The average molecular weight is 417 g/mol. The maximum atomic E-state index is 12.6. The lowest BCUT2D eigenvalue weighted by molar-refractivity contribution is -0.162. The number of fused-ring (bicyclic) bond motifs is 1. The van der Waals surface area contributed by atoms with Crippen molar-refractivity contribution in [2.75, 3.05) is 0 Å². The number of hydrogen-bond acceptors (Lipinski definition) is 7. The number of thioether (sulfide) groups is 1. The Kier molecular flexibility index (Phi) is 6.58. The molecule has 0 spiro atoms. The van der Waals surface area contributed by atoms with Crippen LogP contribution >= 0.6 is 20.4 Å². The summed E-state index contributed by atoms with van der Waals surface area (Å²) in [5.74, 6) is -1.48. The van der Waals surface area contributed by atoms with Crippen LogP contribution in [0.15, 0.2) is 39.7 Å². The maximum absolute atomic E-state index is 12.6. The van der Waals surface area contributed by atoms with Gasteiger partial charge in [-0.25, -0.2) is 4.79 Å². The monoisotopic (exact) mass is 417 g/mol. The van der Waals surface area contributed by atoms with Gasteiger partial charge < -0.3 is 19.2 Å². The molecule has 146 valence electrons. The van der Waals surface area contributed by atoms with E-state index in [4.69, 9.17) is 12.5 Å². The highest BCUT2D eigenvalue weighted by atomic mass is 32.2. The average Bonchev–Trinajstić information content (AvgIpc) is 2.89. The molecular formula is C18H21BN3O4PS. The summed E-state index contributed by atoms with van der Waals surface area (Å²) in [4.78, 5) is 31.8. The van der Waals surface area contributed by atoms with Crippen molar-refractivity contribution in [3.63, 3.8) is 0 Å². The Bertz CT molecular complexity index is 820. The Morgan fingerprint density at radius 3 is 2.86 bits per heavy atom. The molecule has 0 bridgehead atoms. The molecule has 1 aromatic rings. The Hall–Kier alpha value is -1.70. The predicted octanol–water partition coefficient (Wildman–Crippen LogP) is 2.49. The van der Waals surface area contributed by atoms with Crippen molar-refractivity contribution < 1.29 is 19.2 Å². The van der Waals surface area contributed by atoms with Crippen molar-refractivity contribution >= 4 is 40.2 Å². The number of nitrogens with zero attached hydrogens (tertiary/aromatic N) is 3. The van der Waals surface area contributed by atoms with Crippen LogP contribution in [0.3, 0.4) is 0 Å². The van der Waals surface area contributed by atoms with Crippen LogP contribution in [0.5, 0.6) is 0 Å². The van der Waals surface area contributed by atoms with Crippen molar-refractivity contribution in [2.45, 2.75) is 44.6 Å². The molecule has 0 saturated carbocycles. The van der Waals surface area contributed by atoms with Crippen LogP contribution in [-0.4, -0.2) is 52.2 Å². The van der Waals surface area contributed by atoms with E-state index in [1.165, 1.54) is 4.90 Å². The summed E-state index contributed by atoms with van der Waals surface area (Å²) in [7, 11) is 5.04. The van der Waals surface area contributed by atoms with Crippen molar-refractivity contribution in [2.24, 2.45) is 16.5 Å². The zero-order chi connectivity index (χ0) is 20.4. The van der Waals surface area contributed by atoms with E-state index in [2.05, 4.69) is 16.6 Å². The molecule has 1 saturated heterocycles. The molecule has 1 N–H and O–H groups in total. The molecule has 1 aromatic heterocycles. The zero-order valence-electron chi connectivity index (χ0n) is 15.8. The van der Waals surface area contributed by atoms with Gasteiger partial charge in [0.15, 0.2) is 0 Å². The minimum atomic E-state index is -0.777. The summed E-state index contributed by atoms with van der Waals surface area (Å²) < 4.78 is 8.33. The summed E-state index contributed by atoms with van der Waals surface area (Å²) in [5.41, 5.74) is 1.20. The van der Waals surface area contributed by atoms with Gasteiger partial charge in [-0.05, 0) is 19.1 Å². The molecule has 1 fully saturated rings. The fourth-order valence-electron chi connectivity index (χ4n) is 3.84. The second-order valence-electron chi connectivity index (χ2n) is 7.00. The number of rotatable bonds is 7. The first-order chi connectivity index (χ1) is 13.4. The minimum absolute atomic E-state index is 0.0234. The van der Waals surface area contributed by atoms with Gasteiger partial charge in [-0.2, -0.15) is 0 Å². The van der Waals surface area contributed by atoms with E-state index in [0.717, 1.165) is 17.0 Å². The lowest BCUT2D eigenvalue weighted by atomic mass is 9.79. The number of aromatic nitrogens is 1. The molecule has 5 atom stereocenters. The van der Waals surface area contributed by atoms with Crippen molar-refractivity contribution in [3.8, 4) is 0 Å². The number of amides is 1. The Labute approximate surface area is 171 Å². The van der Waals surface area contributed by atoms with Crippen molar-refractivity contribution in [3.05, 3.63) is 40.7 Å². The van der Waals surface area contributed by atoms with Gasteiger partial charge in [0.25, 0.3) is 7.98 Å². The third-order valence-corrected chi connectivity index (χ3v) is 6.75. The molecule has 2 aliphatic heterocycles. The molecule has 3 heterocycles. The normalized spacial score (nSPS) is 26.2. The first kappa shape index (κ1) is 21.0. The summed E-state index contributed by atoms with van der Waals surface area (Å²) in [6, 6.07) is 5.52. The van der Waals surface area contributed by atoms with Gasteiger partial charge in [-0.3, -0.25) is 9.78 Å². The van der Waals surface area contributed by atoms with Crippen LogP contribution < -0.4 is 0 Å². The molecular weight excluding hydrogens is 396 g/mol. The van der Waals surface area contributed by atoms with Crippen LogP contribution in [0, 0.1) is 11.8 Å². The van der Waals surface area contributed by atoms with Crippen LogP contribution in [0.4, 0.5) is 0 Å². The molecule has 28 heavy (non-hydrogen) atoms. The number of carbonyl (C=O) groups is 2. The summed E-state index contributed by atoms with van der Waals surface area (Å²) in [6.45, 7) is 5.63. The number of aliphatic hydroxyl groups is 1. The van der Waals surface area contributed by atoms with Gasteiger partial charge in [0.05, 0.1) is 18.1 Å². The van der Waals surface area contributed by atoms with E-state index in [9.17, 15) is 14.7 Å². The van der Waals surface area contributed by atoms with Crippen LogP contribution in [0.25, 0.3) is 0 Å². The number of β-lactam (4-membered cyclic amide) rings is 1. The summed E-state index contributed by atoms with van der Waals surface area (Å²) in [6.07, 6.45) is 1.69. The largest absolute Gasteiger partial charge is 0.393 e. The maximum Gasteiger partial charge on any atom is 0.365 e. The molecule has 10 heteroatoms. The molecule has 7 nitrogen and oxygen atoms in total. The highest BCUT2D eigenvalue weighted by Gasteiger charge is 2.60. The second kappa shape index (κ2) is 8.76. The van der Waals surface area contributed by atoms with E-state index < -0.39 is 18.0 Å². The molecule has 0 aliphatic carbocycles. The van der Waals surface area contributed by atoms with E-state index in [0.29, 0.717) is 0 Å². The van der Waals surface area contributed by atoms with Crippen LogP contribution in [0.1, 0.15) is 26.5 Å². The van der Waals surface area contributed by atoms with Crippen LogP contribution in [-0.2, 0) is 20.5 Å². The molecule has 1 amide bonds. The first-order valence-corrected chi connectivity index (χ1v) is 10.6. The Balaban J connectivity index is 1.86. The third-order valence-electron chi connectivity index (χ3n) is 5.02. The topological polar surface area (TPSA) is 92.1 Å². The first-order valence-electron chi connectivity index (χ1n) is 9.00. The van der Waals surface area contributed by atoms with Gasteiger partial charge in [0, 0.05) is 34.4 Å². The van der Waals surface area contributed by atoms with E-state index in [-0.39, 0.29) is 37.4 Å². The third kappa shape index (κ3) is 3.88. The van der Waals surface area contributed by atoms with Crippen molar-refractivity contribution in [1.82, 2.24) is 9.88 Å². The number of aliphatic hydroxyl groups excluding tert-OH is 1. The van der Waals surface area contributed by atoms with Gasteiger partial charge in [-0.1, -0.05) is 19.9 Å². The fraction of sp³-hybridized carbons (Fsp3) is 0.500. The second-order valence-corrected chi connectivity index (χ2v) is 9.05. The Morgan fingerprint density at radius 1 is 1.50 bits per heavy atom. The zero-order valence-corrected chi connectivity index (χ0v) is 17.6. The molecule has 2 radical (unpaired) electrons. The van der Waals surface area contributed by atoms with Crippen molar-refractivity contribution in [1.29, 1.82) is 0 Å². The van der Waals surface area contributed by atoms with Crippen LogP contribution in [0.2, 0.25) is 0 Å².